The van der Waals surface area contributed by atoms with Gasteiger partial charge in [0.15, 0.2) is 0 Å². The number of urea groups is 1. The largest absolute Gasteiger partial charge is 0.338 e. The monoisotopic (exact) mass is 307 g/mol. The molecule has 0 radical (unpaired) electrons. The zero-order chi connectivity index (χ0) is 15.1. The number of rotatable bonds is 4. The van der Waals surface area contributed by atoms with Crippen molar-refractivity contribution in [1.29, 1.82) is 0 Å². The third kappa shape index (κ3) is 4.67. The van der Waals surface area contributed by atoms with E-state index in [-0.39, 0.29) is 11.9 Å². The maximum atomic E-state index is 12.2. The molecule has 5 nitrogen and oxygen atoms in total. The molecule has 1 saturated heterocycles. The van der Waals surface area contributed by atoms with Gasteiger partial charge in [0, 0.05) is 37.6 Å². The fourth-order valence-electron chi connectivity index (χ4n) is 2.18. The van der Waals surface area contributed by atoms with Crippen molar-refractivity contribution in [3.63, 3.8) is 0 Å². The van der Waals surface area contributed by atoms with Gasteiger partial charge in [-0.1, -0.05) is 18.2 Å². The van der Waals surface area contributed by atoms with Gasteiger partial charge in [-0.15, -0.1) is 11.8 Å². The summed E-state index contributed by atoms with van der Waals surface area (Å²) in [5.41, 5.74) is 0. The third-order valence-corrected chi connectivity index (χ3v) is 4.35. The highest BCUT2D eigenvalue weighted by molar-refractivity contribution is 8.00. The minimum atomic E-state index is -0.0386. The summed E-state index contributed by atoms with van der Waals surface area (Å²) in [6, 6.07) is 9.88. The number of piperazine rings is 1. The van der Waals surface area contributed by atoms with Crippen LogP contribution in [0, 0.1) is 0 Å². The highest BCUT2D eigenvalue weighted by atomic mass is 32.2. The molecule has 114 valence electrons. The number of nitrogens with zero attached hydrogens (tertiary/aromatic N) is 2. The Balaban J connectivity index is 1.74. The van der Waals surface area contributed by atoms with Crippen LogP contribution in [0.5, 0.6) is 0 Å². The Hall–Kier alpha value is -1.69. The van der Waals surface area contributed by atoms with Crippen LogP contribution in [0.15, 0.2) is 35.2 Å². The highest BCUT2D eigenvalue weighted by Gasteiger charge is 2.23. The maximum Gasteiger partial charge on any atom is 0.317 e. The quantitative estimate of drug-likeness (QED) is 0.861. The second kappa shape index (κ2) is 7.93. The molecule has 0 aromatic heterocycles. The lowest BCUT2D eigenvalue weighted by molar-refractivity contribution is -0.129. The van der Waals surface area contributed by atoms with E-state index in [1.54, 1.807) is 16.7 Å². The number of carbonyl (C=O) groups is 2. The van der Waals surface area contributed by atoms with E-state index >= 15 is 0 Å². The maximum absolute atomic E-state index is 12.2. The Morgan fingerprint density at radius 3 is 2.33 bits per heavy atom. The molecule has 0 aliphatic carbocycles. The van der Waals surface area contributed by atoms with Gasteiger partial charge in [0.25, 0.3) is 0 Å². The normalized spacial score (nSPS) is 14.9. The molecule has 0 atom stereocenters. The van der Waals surface area contributed by atoms with Crippen LogP contribution < -0.4 is 5.32 Å². The first kappa shape index (κ1) is 15.7. The number of hydrogen-bond acceptors (Lipinski definition) is 3. The molecule has 1 heterocycles. The van der Waals surface area contributed by atoms with Crippen molar-refractivity contribution in [3.05, 3.63) is 30.3 Å². The summed E-state index contributed by atoms with van der Waals surface area (Å²) in [6.07, 6.45) is 0. The summed E-state index contributed by atoms with van der Waals surface area (Å²) in [6.45, 7) is 4.97. The number of carbonyl (C=O) groups excluding carboxylic acids is 2. The van der Waals surface area contributed by atoms with E-state index in [9.17, 15) is 9.59 Å². The molecule has 1 aromatic carbocycles. The van der Waals surface area contributed by atoms with Crippen LogP contribution in [0.2, 0.25) is 0 Å². The van der Waals surface area contributed by atoms with Crippen LogP contribution in [0.4, 0.5) is 4.79 Å². The minimum Gasteiger partial charge on any atom is -0.338 e. The SMILES string of the molecule is CCNC(=O)N1CCN(C(=O)CSc2ccccc2)CC1. The molecule has 6 heteroatoms. The van der Waals surface area contributed by atoms with Crippen LogP contribution in [-0.2, 0) is 4.79 Å². The first-order chi connectivity index (χ1) is 10.2. The number of benzene rings is 1. The Bertz CT molecular complexity index is 473. The summed E-state index contributed by atoms with van der Waals surface area (Å²) in [7, 11) is 0. The topological polar surface area (TPSA) is 52.7 Å². The summed E-state index contributed by atoms with van der Waals surface area (Å²) < 4.78 is 0. The van der Waals surface area contributed by atoms with Gasteiger partial charge in [0.2, 0.25) is 5.91 Å². The molecule has 1 fully saturated rings. The smallest absolute Gasteiger partial charge is 0.317 e. The molecular formula is C15H21N3O2S. The molecule has 2 rings (SSSR count). The Morgan fingerprint density at radius 2 is 1.71 bits per heavy atom. The van der Waals surface area contributed by atoms with Gasteiger partial charge in [-0.3, -0.25) is 4.79 Å². The van der Waals surface area contributed by atoms with Crippen LogP contribution in [0.1, 0.15) is 6.92 Å². The van der Waals surface area contributed by atoms with Crippen molar-refractivity contribution < 1.29 is 9.59 Å². The summed E-state index contributed by atoms with van der Waals surface area (Å²) in [4.78, 5) is 28.6. The first-order valence-electron chi connectivity index (χ1n) is 7.19. The van der Waals surface area contributed by atoms with Gasteiger partial charge >= 0.3 is 6.03 Å². The summed E-state index contributed by atoms with van der Waals surface area (Å²) >= 11 is 1.55. The zero-order valence-corrected chi connectivity index (χ0v) is 13.1. The predicted octanol–water partition coefficient (Wildman–Crippen LogP) is 1.65. The Kier molecular flexibility index (Phi) is 5.92. The van der Waals surface area contributed by atoms with E-state index in [1.165, 1.54) is 0 Å². The fourth-order valence-corrected chi connectivity index (χ4v) is 3.00. The van der Waals surface area contributed by atoms with Gasteiger partial charge in [0.1, 0.15) is 0 Å². The molecule has 0 bridgehead atoms. The van der Waals surface area contributed by atoms with Crippen LogP contribution in [-0.4, -0.2) is 60.2 Å². The van der Waals surface area contributed by atoms with E-state index in [0.717, 1.165) is 4.90 Å². The molecule has 21 heavy (non-hydrogen) atoms. The average Bonchev–Trinajstić information content (AvgIpc) is 2.54. The average molecular weight is 307 g/mol. The zero-order valence-electron chi connectivity index (χ0n) is 12.2. The van der Waals surface area contributed by atoms with E-state index in [2.05, 4.69) is 5.32 Å². The van der Waals surface area contributed by atoms with Crippen molar-refractivity contribution in [2.75, 3.05) is 38.5 Å². The van der Waals surface area contributed by atoms with Crippen LogP contribution in [0.3, 0.4) is 0 Å². The molecule has 1 aromatic rings. The van der Waals surface area contributed by atoms with Crippen LogP contribution in [0.25, 0.3) is 0 Å². The van der Waals surface area contributed by atoms with Crippen molar-refractivity contribution in [2.24, 2.45) is 0 Å². The van der Waals surface area contributed by atoms with E-state index in [4.69, 9.17) is 0 Å². The minimum absolute atomic E-state index is 0.0386. The highest BCUT2D eigenvalue weighted by Crippen LogP contribution is 2.17. The first-order valence-corrected chi connectivity index (χ1v) is 8.17. The molecule has 0 unspecified atom stereocenters. The van der Waals surface area contributed by atoms with Gasteiger partial charge in [-0.2, -0.15) is 0 Å². The van der Waals surface area contributed by atoms with Crippen LogP contribution >= 0.6 is 11.8 Å². The van der Waals surface area contributed by atoms with Gasteiger partial charge in [-0.25, -0.2) is 4.79 Å². The van der Waals surface area contributed by atoms with Crippen molar-refractivity contribution in [2.45, 2.75) is 11.8 Å². The fraction of sp³-hybridized carbons (Fsp3) is 0.467. The molecule has 1 N–H and O–H groups in total. The molecule has 0 spiro atoms. The van der Waals surface area contributed by atoms with Crippen molar-refractivity contribution >= 4 is 23.7 Å². The second-order valence-corrected chi connectivity index (χ2v) is 5.85. The lowest BCUT2D eigenvalue weighted by Gasteiger charge is -2.34. The van der Waals surface area contributed by atoms with Crippen molar-refractivity contribution in [3.8, 4) is 0 Å². The molecule has 1 aliphatic heterocycles. The van der Waals surface area contributed by atoms with E-state index in [1.807, 2.05) is 42.2 Å². The van der Waals surface area contributed by atoms with Gasteiger partial charge in [-0.05, 0) is 19.1 Å². The number of thioether (sulfide) groups is 1. The summed E-state index contributed by atoms with van der Waals surface area (Å²) in [5.74, 6) is 0.588. The Morgan fingerprint density at radius 1 is 1.10 bits per heavy atom. The second-order valence-electron chi connectivity index (χ2n) is 4.81. The number of nitrogens with one attached hydrogen (secondary N) is 1. The lowest BCUT2D eigenvalue weighted by Crippen LogP contribution is -2.53. The third-order valence-electron chi connectivity index (χ3n) is 3.35. The number of amides is 3. The molecule has 0 saturated carbocycles. The standard InChI is InChI=1S/C15H21N3O2S/c1-2-16-15(20)18-10-8-17(9-11-18)14(19)12-21-13-6-4-3-5-7-13/h3-7H,2,8-12H2,1H3,(H,16,20). The van der Waals surface area contributed by atoms with Crippen molar-refractivity contribution in [1.82, 2.24) is 15.1 Å². The summed E-state index contributed by atoms with van der Waals surface area (Å²) in [5, 5.41) is 2.79. The van der Waals surface area contributed by atoms with E-state index in [0.29, 0.717) is 38.5 Å². The van der Waals surface area contributed by atoms with E-state index < -0.39 is 0 Å². The van der Waals surface area contributed by atoms with Gasteiger partial charge < -0.3 is 15.1 Å². The number of hydrogen-bond donors (Lipinski definition) is 1. The lowest BCUT2D eigenvalue weighted by atomic mass is 10.3. The molecule has 3 amide bonds. The molecular weight excluding hydrogens is 286 g/mol. The predicted molar refractivity (Wildman–Crippen MR) is 84.4 cm³/mol. The molecule has 1 aliphatic rings. The Labute approximate surface area is 129 Å². The van der Waals surface area contributed by atoms with Gasteiger partial charge in [0.05, 0.1) is 5.75 Å².